The van der Waals surface area contributed by atoms with Gasteiger partial charge in [0.1, 0.15) is 10.8 Å². The van der Waals surface area contributed by atoms with E-state index in [1.165, 1.54) is 0 Å². The summed E-state index contributed by atoms with van der Waals surface area (Å²) in [6.45, 7) is 4.88. The largest absolute Gasteiger partial charge is 0.481 e. The van der Waals surface area contributed by atoms with Crippen molar-refractivity contribution in [3.05, 3.63) is 0 Å². The zero-order valence-corrected chi connectivity index (χ0v) is 29.8. The van der Waals surface area contributed by atoms with Gasteiger partial charge in [0.15, 0.2) is 0 Å². The van der Waals surface area contributed by atoms with Gasteiger partial charge in [0.2, 0.25) is 11.6 Å². The summed E-state index contributed by atoms with van der Waals surface area (Å²) in [5.74, 6) is -41.0. The Kier molecular flexibility index (Phi) is 14.5. The molecule has 0 bridgehead atoms. The number of alkyl halides is 14. The Morgan fingerprint density at radius 2 is 0.611 bits per heavy atom. The van der Waals surface area contributed by atoms with E-state index in [0.29, 0.717) is 0 Å². The first-order valence-corrected chi connectivity index (χ1v) is 14.2. The van der Waals surface area contributed by atoms with Crippen molar-refractivity contribution in [1.82, 2.24) is 0 Å². The zero-order chi connectivity index (χ0) is 42.3. The number of hydrogen-bond donors (Lipinski definition) is 4. The van der Waals surface area contributed by atoms with E-state index in [1.807, 2.05) is 0 Å². The minimum Gasteiger partial charge on any atom is -0.481 e. The summed E-state index contributed by atoms with van der Waals surface area (Å²) in [6, 6.07) is 0. The molecule has 0 heterocycles. The fourth-order valence-corrected chi connectivity index (χ4v) is 6.73. The monoisotopic (exact) mass is 918 g/mol. The van der Waals surface area contributed by atoms with Gasteiger partial charge < -0.3 is 20.4 Å². The maximum Gasteiger partial charge on any atom is 0.460 e. The van der Waals surface area contributed by atoms with Crippen LogP contribution < -0.4 is 0 Å². The molecule has 0 aromatic carbocycles. The second kappa shape index (κ2) is 14.7. The number of halogens is 14. The Hall–Kier alpha value is -2.72. The summed E-state index contributed by atoms with van der Waals surface area (Å²) in [5.41, 5.74) is -16.0. The molecule has 54 heavy (non-hydrogen) atoms. The van der Waals surface area contributed by atoms with Crippen LogP contribution in [0, 0.1) is 32.5 Å². The van der Waals surface area contributed by atoms with E-state index in [1.54, 1.807) is 0 Å². The molecule has 10 nitrogen and oxygen atoms in total. The average molecular weight is 920 g/mol. The number of hydrogen-bond acceptors (Lipinski definition) is 6. The number of ketones is 2. The molecule has 2 aliphatic carbocycles. The third-order valence-corrected chi connectivity index (χ3v) is 11.4. The summed E-state index contributed by atoms with van der Waals surface area (Å²) in [4.78, 5) is 70.5. The molecule has 4 atom stereocenters. The number of carboxylic acids is 4. The number of carbonyl (C=O) groups is 6. The molecule has 0 spiro atoms. The van der Waals surface area contributed by atoms with Gasteiger partial charge in [0, 0.05) is 45.0 Å². The molecular weight excluding hydrogens is 889 g/mol. The van der Waals surface area contributed by atoms with E-state index in [4.69, 9.17) is 0 Å². The van der Waals surface area contributed by atoms with Crippen LogP contribution in [-0.2, 0) is 62.9 Å². The summed E-state index contributed by atoms with van der Waals surface area (Å²) in [7, 11) is 0. The van der Waals surface area contributed by atoms with E-state index in [0.717, 1.165) is 41.5 Å². The van der Waals surface area contributed by atoms with Crippen LogP contribution in [0.3, 0.4) is 0 Å². The maximum atomic E-state index is 13.9. The molecule has 2 unspecified atom stereocenters. The van der Waals surface area contributed by atoms with Crippen LogP contribution >= 0.6 is 0 Å². The van der Waals surface area contributed by atoms with E-state index in [2.05, 4.69) is 0 Å². The van der Waals surface area contributed by atoms with Gasteiger partial charge in [-0.3, -0.25) is 28.8 Å². The fourth-order valence-electron chi connectivity index (χ4n) is 6.73. The Morgan fingerprint density at radius 1 is 0.407 bits per heavy atom. The van der Waals surface area contributed by atoms with E-state index >= 15 is 0 Å². The van der Waals surface area contributed by atoms with Crippen molar-refractivity contribution >= 4 is 35.4 Å². The van der Waals surface area contributed by atoms with Crippen LogP contribution in [0.15, 0.2) is 0 Å². The SMILES string of the molecule is CC1(C)C(C(=O)O)(C(=O)C(F)(F)C(F)(F)C(F)(F)F)CC[C@@]1(C)C(=O)O.CC1(C)C(C(=O)O)(C(=O)C(F)(F)C(F)(F)C(F)(F)F)CC[C@@]1(C)C(=O)O.[Cu].[Cu]. The molecule has 0 aromatic heterocycles. The van der Waals surface area contributed by atoms with Gasteiger partial charge in [-0.25, -0.2) is 0 Å². The Morgan fingerprint density at radius 3 is 0.741 bits per heavy atom. The predicted molar refractivity (Wildman–Crippen MR) is 140 cm³/mol. The summed E-state index contributed by atoms with van der Waals surface area (Å²) in [5, 5.41) is 37.2. The van der Waals surface area contributed by atoms with Crippen molar-refractivity contribution in [1.29, 1.82) is 0 Å². The molecule has 0 aliphatic heterocycles. The van der Waals surface area contributed by atoms with Gasteiger partial charge in [-0.1, -0.05) is 27.7 Å². The van der Waals surface area contributed by atoms with Crippen molar-refractivity contribution in [2.24, 2.45) is 32.5 Å². The topological polar surface area (TPSA) is 183 Å². The molecular formula is C28H30Cu2F14O10. The third kappa shape index (κ3) is 6.66. The van der Waals surface area contributed by atoms with E-state index in [-0.39, 0.29) is 34.1 Å². The molecule has 2 saturated carbocycles. The first-order valence-electron chi connectivity index (χ1n) is 14.2. The molecule has 2 aliphatic rings. The van der Waals surface area contributed by atoms with Gasteiger partial charge in [-0.05, 0) is 39.5 Å². The van der Waals surface area contributed by atoms with Gasteiger partial charge in [-0.15, -0.1) is 0 Å². The quantitative estimate of drug-likeness (QED) is 0.104. The van der Waals surface area contributed by atoms with Crippen LogP contribution in [0.1, 0.15) is 67.2 Å². The zero-order valence-electron chi connectivity index (χ0n) is 28.0. The van der Waals surface area contributed by atoms with Gasteiger partial charge >= 0.3 is 59.9 Å². The molecule has 2 fully saturated rings. The number of carbonyl (C=O) groups excluding carboxylic acids is 2. The number of carboxylic acid groups (broad SMARTS) is 4. The molecule has 4 N–H and O–H groups in total. The summed E-state index contributed by atoms with van der Waals surface area (Å²) >= 11 is 0. The van der Waals surface area contributed by atoms with Crippen LogP contribution in [-0.4, -0.2) is 91.9 Å². The van der Waals surface area contributed by atoms with Crippen LogP contribution in [0.4, 0.5) is 61.5 Å². The molecule has 26 heteroatoms. The smallest absolute Gasteiger partial charge is 0.460 e. The van der Waals surface area contributed by atoms with Crippen LogP contribution in [0.25, 0.3) is 0 Å². The Balaban J connectivity index is 0. The van der Waals surface area contributed by atoms with Gasteiger partial charge in [0.05, 0.1) is 10.8 Å². The van der Waals surface area contributed by atoms with Crippen molar-refractivity contribution < 1.29 is 145 Å². The second-order valence-corrected chi connectivity index (χ2v) is 13.9. The molecule has 2 rings (SSSR count). The van der Waals surface area contributed by atoms with Crippen molar-refractivity contribution in [2.45, 2.75) is 103 Å². The number of rotatable bonds is 10. The molecule has 0 aromatic rings. The second-order valence-electron chi connectivity index (χ2n) is 13.9. The molecule has 0 saturated heterocycles. The first kappa shape index (κ1) is 53.4. The average Bonchev–Trinajstić information content (AvgIpc) is 3.31. The summed E-state index contributed by atoms with van der Waals surface area (Å²) in [6.07, 6.45) is -17.3. The Bertz CT molecular complexity index is 1430. The number of Topliss-reactive ketones (excluding diaryl/α,β-unsaturated/α-hetero) is 2. The minimum atomic E-state index is -6.84. The van der Waals surface area contributed by atoms with Crippen molar-refractivity contribution in [2.75, 3.05) is 0 Å². The normalized spacial score (nSPS) is 28.4. The maximum absolute atomic E-state index is 13.9. The Labute approximate surface area is 315 Å². The standard InChI is InChI=1S/2C14H15F7O5.2Cu/c2*1-9(2)10(3,7(23)24)4-5-11(9,8(25)26)6(22)12(15,16)13(17,18)14(19,20)21;;/h2*4-5H2,1-3H3,(H,23,24)(H,25,26);;/t2*10-,11?;;/m00../s1. The van der Waals surface area contributed by atoms with E-state index < -0.39 is 130 Å². The molecule has 322 valence electrons. The van der Waals surface area contributed by atoms with Crippen molar-refractivity contribution in [3.63, 3.8) is 0 Å². The molecule has 0 amide bonds. The third-order valence-electron chi connectivity index (χ3n) is 11.4. The van der Waals surface area contributed by atoms with E-state index in [9.17, 15) is 111 Å². The van der Waals surface area contributed by atoms with Crippen molar-refractivity contribution in [3.8, 4) is 0 Å². The first-order chi connectivity index (χ1) is 22.5. The van der Waals surface area contributed by atoms with Gasteiger partial charge in [0.25, 0.3) is 0 Å². The molecule has 2 radical (unpaired) electrons. The summed E-state index contributed by atoms with van der Waals surface area (Å²) < 4.78 is 183. The minimum absolute atomic E-state index is 0. The van der Waals surface area contributed by atoms with Crippen LogP contribution in [0.2, 0.25) is 0 Å². The number of aliphatic carboxylic acids is 4. The predicted octanol–water partition coefficient (Wildman–Crippen LogP) is 6.74. The fraction of sp³-hybridized carbons (Fsp3) is 0.786. The van der Waals surface area contributed by atoms with Gasteiger partial charge in [-0.2, -0.15) is 61.5 Å². The van der Waals surface area contributed by atoms with Crippen LogP contribution in [0.5, 0.6) is 0 Å².